The first kappa shape index (κ1) is 10.8. The van der Waals surface area contributed by atoms with Crippen LogP contribution in [0.1, 0.15) is 5.56 Å². The molecular weight excluding hydrogens is 241 g/mol. The van der Waals surface area contributed by atoms with Crippen LogP contribution in [0.25, 0.3) is 0 Å². The van der Waals surface area contributed by atoms with E-state index in [9.17, 15) is 22.4 Å². The predicted molar refractivity (Wildman–Crippen MR) is 50.6 cm³/mol. The largest absolute Gasteiger partial charge is 0.486 e. The Kier molecular flexibility index (Phi) is 2.30. The van der Waals surface area contributed by atoms with Crippen molar-refractivity contribution in [1.29, 1.82) is 0 Å². The molecule has 0 saturated carbocycles. The molecular formula is C8H6FNO5S. The number of fused-ring (bicyclic) bond motifs is 1. The molecule has 6 nitrogen and oxygen atoms in total. The summed E-state index contributed by atoms with van der Waals surface area (Å²) in [5.41, 5.74) is -0.184. The molecule has 0 bridgehead atoms. The van der Waals surface area contributed by atoms with Crippen LogP contribution >= 0.6 is 0 Å². The van der Waals surface area contributed by atoms with Crippen LogP contribution in [0.5, 0.6) is 5.75 Å². The fraction of sp³-hybridized carbons (Fsp3) is 0.250. The van der Waals surface area contributed by atoms with Crippen molar-refractivity contribution in [1.82, 2.24) is 0 Å². The van der Waals surface area contributed by atoms with Crippen molar-refractivity contribution in [3.63, 3.8) is 0 Å². The van der Waals surface area contributed by atoms with Gasteiger partial charge in [-0.25, -0.2) is 0 Å². The Balaban J connectivity index is 2.70. The molecule has 1 aliphatic rings. The van der Waals surface area contributed by atoms with E-state index >= 15 is 0 Å². The fourth-order valence-electron chi connectivity index (χ4n) is 1.54. The molecule has 0 aliphatic carbocycles. The predicted octanol–water partition coefficient (Wildman–Crippen LogP) is 1.19. The third-order valence-corrected chi connectivity index (χ3v) is 3.01. The number of benzene rings is 1. The zero-order valence-corrected chi connectivity index (χ0v) is 8.66. The molecule has 0 radical (unpaired) electrons. The van der Waals surface area contributed by atoms with E-state index in [1.807, 2.05) is 0 Å². The molecule has 1 aromatic carbocycles. The second-order valence-electron chi connectivity index (χ2n) is 3.22. The standard InChI is InChI=1S/C8H6FNO5S/c9-16(13,14)6-3-5-1-2-15-8(5)7(4-6)10(11)12/h3-4H,1-2H2. The van der Waals surface area contributed by atoms with Crippen molar-refractivity contribution in [2.45, 2.75) is 11.3 Å². The molecule has 2 rings (SSSR count). The summed E-state index contributed by atoms with van der Waals surface area (Å²) in [6.07, 6.45) is 0.333. The van der Waals surface area contributed by atoms with E-state index in [1.54, 1.807) is 0 Å². The first-order chi connectivity index (χ1) is 7.39. The topological polar surface area (TPSA) is 86.5 Å². The third-order valence-electron chi connectivity index (χ3n) is 2.22. The number of rotatable bonds is 2. The lowest BCUT2D eigenvalue weighted by Crippen LogP contribution is -1.98. The highest BCUT2D eigenvalue weighted by molar-refractivity contribution is 7.86. The zero-order valence-electron chi connectivity index (χ0n) is 7.84. The Morgan fingerprint density at radius 1 is 1.44 bits per heavy atom. The van der Waals surface area contributed by atoms with Crippen LogP contribution in [0, 0.1) is 10.1 Å². The second-order valence-corrected chi connectivity index (χ2v) is 4.57. The highest BCUT2D eigenvalue weighted by Crippen LogP contribution is 2.37. The van der Waals surface area contributed by atoms with Gasteiger partial charge in [-0.3, -0.25) is 10.1 Å². The van der Waals surface area contributed by atoms with E-state index in [4.69, 9.17) is 4.74 Å². The zero-order chi connectivity index (χ0) is 11.9. The van der Waals surface area contributed by atoms with Gasteiger partial charge in [0.1, 0.15) is 4.90 Å². The van der Waals surface area contributed by atoms with Crippen molar-refractivity contribution in [3.05, 3.63) is 27.8 Å². The summed E-state index contributed by atoms with van der Waals surface area (Å²) in [7, 11) is -4.94. The Morgan fingerprint density at radius 2 is 2.12 bits per heavy atom. The SMILES string of the molecule is O=[N+]([O-])c1cc(S(=O)(=O)F)cc2c1OCC2. The van der Waals surface area contributed by atoms with Crippen LogP contribution in [0.3, 0.4) is 0 Å². The van der Waals surface area contributed by atoms with Crippen molar-refractivity contribution in [2.24, 2.45) is 0 Å². The number of hydrogen-bond donors (Lipinski definition) is 0. The van der Waals surface area contributed by atoms with Crippen LogP contribution in [-0.2, 0) is 16.6 Å². The number of nitro benzene ring substituents is 1. The summed E-state index contributed by atoms with van der Waals surface area (Å²) < 4.78 is 39.1. The van der Waals surface area contributed by atoms with Gasteiger partial charge in [-0.2, -0.15) is 8.42 Å². The summed E-state index contributed by atoms with van der Waals surface area (Å²) in [6.45, 7) is 0.228. The molecule has 1 aliphatic heterocycles. The van der Waals surface area contributed by atoms with E-state index in [-0.39, 0.29) is 12.4 Å². The molecule has 0 aromatic heterocycles. The average Bonchev–Trinajstić information content (AvgIpc) is 2.61. The maximum Gasteiger partial charge on any atom is 0.332 e. The van der Waals surface area contributed by atoms with Crippen molar-refractivity contribution >= 4 is 15.9 Å². The van der Waals surface area contributed by atoms with Crippen molar-refractivity contribution in [2.75, 3.05) is 6.61 Å². The maximum atomic E-state index is 12.7. The first-order valence-electron chi connectivity index (χ1n) is 4.28. The number of halogens is 1. The Labute approximate surface area is 90.0 Å². The van der Waals surface area contributed by atoms with E-state index in [0.29, 0.717) is 18.1 Å². The van der Waals surface area contributed by atoms with Gasteiger partial charge in [0.05, 0.1) is 11.5 Å². The second kappa shape index (κ2) is 3.41. The van der Waals surface area contributed by atoms with E-state index < -0.39 is 25.7 Å². The Morgan fingerprint density at radius 3 is 2.69 bits per heavy atom. The quantitative estimate of drug-likeness (QED) is 0.445. The Hall–Kier alpha value is -1.70. The number of nitro groups is 1. The monoisotopic (exact) mass is 247 g/mol. The third kappa shape index (κ3) is 1.71. The van der Waals surface area contributed by atoms with Gasteiger partial charge in [0.15, 0.2) is 0 Å². The highest BCUT2D eigenvalue weighted by atomic mass is 32.3. The molecule has 16 heavy (non-hydrogen) atoms. The van der Waals surface area contributed by atoms with E-state index in [0.717, 1.165) is 6.07 Å². The van der Waals surface area contributed by atoms with E-state index in [2.05, 4.69) is 0 Å². The van der Waals surface area contributed by atoms with Crippen LogP contribution in [0.4, 0.5) is 9.57 Å². The van der Waals surface area contributed by atoms with Gasteiger partial charge in [0.2, 0.25) is 5.75 Å². The van der Waals surface area contributed by atoms with Crippen LogP contribution < -0.4 is 4.74 Å². The number of ether oxygens (including phenoxy) is 1. The minimum atomic E-state index is -4.94. The lowest BCUT2D eigenvalue weighted by atomic mass is 10.1. The lowest BCUT2D eigenvalue weighted by molar-refractivity contribution is -0.385. The molecule has 1 heterocycles. The molecule has 0 saturated heterocycles. The summed E-state index contributed by atoms with van der Waals surface area (Å²) in [4.78, 5) is 9.15. The molecule has 0 fully saturated rings. The molecule has 1 aromatic rings. The molecule has 86 valence electrons. The van der Waals surface area contributed by atoms with Crippen LogP contribution in [0.2, 0.25) is 0 Å². The van der Waals surface area contributed by atoms with Gasteiger partial charge in [0, 0.05) is 18.1 Å². The number of hydrogen-bond acceptors (Lipinski definition) is 5. The van der Waals surface area contributed by atoms with Crippen molar-refractivity contribution < 1.29 is 22.0 Å². The van der Waals surface area contributed by atoms with E-state index in [1.165, 1.54) is 0 Å². The van der Waals surface area contributed by atoms with Gasteiger partial charge in [-0.05, 0) is 6.07 Å². The molecule has 0 spiro atoms. The molecule has 0 amide bonds. The van der Waals surface area contributed by atoms with Gasteiger partial charge in [-0.1, -0.05) is 0 Å². The molecule has 8 heteroatoms. The molecule has 0 atom stereocenters. The van der Waals surface area contributed by atoms with Gasteiger partial charge in [-0.15, -0.1) is 3.89 Å². The van der Waals surface area contributed by atoms with Crippen LogP contribution in [-0.4, -0.2) is 19.9 Å². The summed E-state index contributed by atoms with van der Waals surface area (Å²) in [6, 6.07) is 1.73. The van der Waals surface area contributed by atoms with Crippen LogP contribution in [0.15, 0.2) is 17.0 Å². The average molecular weight is 247 g/mol. The minimum Gasteiger partial charge on any atom is -0.486 e. The van der Waals surface area contributed by atoms with Crippen molar-refractivity contribution in [3.8, 4) is 5.75 Å². The summed E-state index contributed by atoms with van der Waals surface area (Å²) in [5.74, 6) is 0.0254. The normalized spacial score (nSPS) is 14.3. The summed E-state index contributed by atoms with van der Waals surface area (Å²) in [5, 5.41) is 10.6. The highest BCUT2D eigenvalue weighted by Gasteiger charge is 2.28. The lowest BCUT2D eigenvalue weighted by Gasteiger charge is -2.02. The molecule has 0 N–H and O–H groups in total. The minimum absolute atomic E-state index is 0.0254. The van der Waals surface area contributed by atoms with Gasteiger partial charge < -0.3 is 4.74 Å². The van der Waals surface area contributed by atoms with Gasteiger partial charge >= 0.3 is 15.9 Å². The number of nitrogens with zero attached hydrogens (tertiary/aromatic N) is 1. The Bertz CT molecular complexity index is 568. The first-order valence-corrected chi connectivity index (χ1v) is 5.67. The maximum absolute atomic E-state index is 12.7. The fourth-order valence-corrected chi connectivity index (χ4v) is 2.07. The van der Waals surface area contributed by atoms with Gasteiger partial charge in [0.25, 0.3) is 0 Å². The molecule has 0 unspecified atom stereocenters. The summed E-state index contributed by atoms with van der Waals surface area (Å²) >= 11 is 0. The smallest absolute Gasteiger partial charge is 0.332 e.